The summed E-state index contributed by atoms with van der Waals surface area (Å²) in [5.74, 6) is 3.01. The highest BCUT2D eigenvalue weighted by atomic mass is 16.6. The minimum absolute atomic E-state index is 0.247. The third-order valence-electron chi connectivity index (χ3n) is 5.94. The third-order valence-corrected chi connectivity index (χ3v) is 5.94. The summed E-state index contributed by atoms with van der Waals surface area (Å²) in [5, 5.41) is 0. The summed E-state index contributed by atoms with van der Waals surface area (Å²) in [6, 6.07) is 13.9. The second-order valence-electron chi connectivity index (χ2n) is 8.24. The van der Waals surface area contributed by atoms with E-state index >= 15 is 0 Å². The van der Waals surface area contributed by atoms with Crippen LogP contribution in [0.25, 0.3) is 0 Å². The number of benzene rings is 2. The van der Waals surface area contributed by atoms with E-state index in [1.54, 1.807) is 0 Å². The molecule has 1 aliphatic carbocycles. The van der Waals surface area contributed by atoms with Crippen LogP contribution in [-0.4, -0.2) is 25.6 Å². The number of aryl methyl sites for hydroxylation is 1. The van der Waals surface area contributed by atoms with Gasteiger partial charge in [-0.1, -0.05) is 48.4 Å². The van der Waals surface area contributed by atoms with E-state index in [0.29, 0.717) is 38.6 Å². The number of Topliss-reactive ketones (excluding diaryl/α,β-unsaturated/α-hetero) is 1. The molecule has 0 bridgehead atoms. The molecular formula is C27H30O4. The Morgan fingerprint density at radius 1 is 1.00 bits per heavy atom. The molecule has 1 aliphatic heterocycles. The average molecular weight is 419 g/mol. The summed E-state index contributed by atoms with van der Waals surface area (Å²) >= 11 is 0. The monoisotopic (exact) mass is 418 g/mol. The van der Waals surface area contributed by atoms with Gasteiger partial charge in [0.1, 0.15) is 31.4 Å². The fourth-order valence-corrected chi connectivity index (χ4v) is 4.21. The van der Waals surface area contributed by atoms with Crippen LogP contribution in [0.15, 0.2) is 65.8 Å². The number of fused-ring (bicyclic) bond motifs is 1. The van der Waals surface area contributed by atoms with Crippen LogP contribution in [0.1, 0.15) is 37.3 Å². The van der Waals surface area contributed by atoms with Gasteiger partial charge in [-0.15, -0.1) is 0 Å². The molecule has 0 saturated carbocycles. The molecule has 1 atom stereocenters. The maximum absolute atomic E-state index is 12.6. The van der Waals surface area contributed by atoms with Crippen molar-refractivity contribution in [2.24, 2.45) is 5.92 Å². The van der Waals surface area contributed by atoms with E-state index < -0.39 is 0 Å². The molecule has 4 rings (SSSR count). The van der Waals surface area contributed by atoms with E-state index in [-0.39, 0.29) is 5.78 Å². The van der Waals surface area contributed by atoms with Crippen LogP contribution in [-0.2, 0) is 11.2 Å². The van der Waals surface area contributed by atoms with E-state index in [0.717, 1.165) is 35.7 Å². The second-order valence-corrected chi connectivity index (χ2v) is 8.24. The smallest absolute Gasteiger partial charge is 0.161 e. The first-order valence-electron chi connectivity index (χ1n) is 11.1. The van der Waals surface area contributed by atoms with Crippen molar-refractivity contribution >= 4 is 5.78 Å². The number of hydrogen-bond acceptors (Lipinski definition) is 4. The molecule has 2 aromatic rings. The fourth-order valence-electron chi connectivity index (χ4n) is 4.21. The van der Waals surface area contributed by atoms with Gasteiger partial charge in [0.05, 0.1) is 0 Å². The first-order valence-corrected chi connectivity index (χ1v) is 11.1. The lowest BCUT2D eigenvalue weighted by Gasteiger charge is -2.19. The lowest BCUT2D eigenvalue weighted by atomic mass is 9.89. The molecule has 0 aromatic heterocycles. The Balaban J connectivity index is 1.26. The summed E-state index contributed by atoms with van der Waals surface area (Å²) in [6.07, 6.45) is 7.15. The molecule has 0 amide bonds. The van der Waals surface area contributed by atoms with Gasteiger partial charge in [0.2, 0.25) is 0 Å². The fraction of sp³-hybridized carbons (Fsp3) is 0.370. The maximum atomic E-state index is 12.6. The van der Waals surface area contributed by atoms with Gasteiger partial charge < -0.3 is 14.2 Å². The second kappa shape index (κ2) is 9.86. The van der Waals surface area contributed by atoms with E-state index in [4.69, 9.17) is 14.2 Å². The highest BCUT2D eigenvalue weighted by Gasteiger charge is 2.22. The van der Waals surface area contributed by atoms with Gasteiger partial charge in [0.15, 0.2) is 11.5 Å². The third kappa shape index (κ3) is 5.38. The number of ether oxygens (including phenoxy) is 3. The van der Waals surface area contributed by atoms with Crippen molar-refractivity contribution in [1.29, 1.82) is 0 Å². The Bertz CT molecular complexity index is 985. The van der Waals surface area contributed by atoms with Crippen LogP contribution in [0.2, 0.25) is 0 Å². The number of rotatable bonds is 9. The maximum Gasteiger partial charge on any atom is 0.161 e. The minimum Gasteiger partial charge on any atom is -0.489 e. The molecule has 1 unspecified atom stereocenters. The molecule has 31 heavy (non-hydrogen) atoms. The number of ketones is 1. The zero-order valence-electron chi connectivity index (χ0n) is 18.4. The van der Waals surface area contributed by atoms with Crippen LogP contribution in [0.3, 0.4) is 0 Å². The van der Waals surface area contributed by atoms with Crippen LogP contribution in [0.5, 0.6) is 17.2 Å². The molecule has 2 aliphatic rings. The van der Waals surface area contributed by atoms with Crippen LogP contribution < -0.4 is 14.2 Å². The Hall–Kier alpha value is -3.01. The highest BCUT2D eigenvalue weighted by Crippen LogP contribution is 2.34. The highest BCUT2D eigenvalue weighted by molar-refractivity contribution is 5.81. The predicted molar refractivity (Wildman–Crippen MR) is 122 cm³/mol. The summed E-state index contributed by atoms with van der Waals surface area (Å²) in [4.78, 5) is 12.6. The quantitative estimate of drug-likeness (QED) is 0.529. The van der Waals surface area contributed by atoms with E-state index in [9.17, 15) is 4.79 Å². The zero-order valence-corrected chi connectivity index (χ0v) is 18.4. The van der Waals surface area contributed by atoms with Crippen molar-refractivity contribution in [3.05, 3.63) is 76.9 Å². The summed E-state index contributed by atoms with van der Waals surface area (Å²) in [5.41, 5.74) is 4.83. The van der Waals surface area contributed by atoms with Gasteiger partial charge in [-0.2, -0.15) is 0 Å². The Kier molecular flexibility index (Phi) is 6.76. The zero-order chi connectivity index (χ0) is 21.6. The van der Waals surface area contributed by atoms with E-state index in [1.807, 2.05) is 30.3 Å². The molecule has 162 valence electrons. The summed E-state index contributed by atoms with van der Waals surface area (Å²) in [7, 11) is 0. The topological polar surface area (TPSA) is 44.8 Å². The molecule has 4 nitrogen and oxygen atoms in total. The Labute approximate surface area is 184 Å². The van der Waals surface area contributed by atoms with E-state index in [1.165, 1.54) is 16.7 Å². The predicted octanol–water partition coefficient (Wildman–Crippen LogP) is 5.63. The van der Waals surface area contributed by atoms with Crippen LogP contribution in [0, 0.1) is 12.8 Å². The van der Waals surface area contributed by atoms with Crippen molar-refractivity contribution in [2.75, 3.05) is 19.8 Å². The van der Waals surface area contributed by atoms with Gasteiger partial charge in [-0.05, 0) is 55.2 Å². The van der Waals surface area contributed by atoms with Crippen molar-refractivity contribution in [2.45, 2.75) is 39.5 Å². The van der Waals surface area contributed by atoms with Crippen LogP contribution in [0.4, 0.5) is 0 Å². The summed E-state index contributed by atoms with van der Waals surface area (Å²) < 4.78 is 17.2. The lowest BCUT2D eigenvalue weighted by Crippen LogP contribution is -2.15. The Morgan fingerprint density at radius 2 is 1.74 bits per heavy atom. The number of carbonyl (C=O) groups excluding carboxylic acids is 1. The lowest BCUT2D eigenvalue weighted by molar-refractivity contribution is -0.118. The first kappa shape index (κ1) is 21.2. The molecule has 0 radical (unpaired) electrons. The minimum atomic E-state index is 0.247. The normalized spacial score (nSPS) is 17.2. The van der Waals surface area contributed by atoms with Gasteiger partial charge in [-0.3, -0.25) is 4.79 Å². The number of hydrogen-bond donors (Lipinski definition) is 0. The molecule has 4 heteroatoms. The van der Waals surface area contributed by atoms with Crippen LogP contribution >= 0.6 is 0 Å². The molecule has 0 spiro atoms. The molecule has 2 aromatic carbocycles. The van der Waals surface area contributed by atoms with Crippen molar-refractivity contribution < 1.29 is 19.0 Å². The SMILES string of the molecule is CCC1C(CCC(=O)Cc2ccc3c(c2)OCCO3)=CC=C1COc1ccc(C)cc1. The molecular weight excluding hydrogens is 388 g/mol. The van der Waals surface area contributed by atoms with Crippen molar-refractivity contribution in [3.8, 4) is 17.2 Å². The number of allylic oxidation sites excluding steroid dienone is 3. The standard InChI is InChI=1S/C27H30O4/c1-3-25-21(7-8-22(25)18-31-24-11-4-19(2)5-12-24)9-10-23(28)16-20-6-13-26-27(17-20)30-15-14-29-26/h4-8,11-13,17,25H,3,9-10,14-16,18H2,1-2H3. The van der Waals surface area contributed by atoms with Gasteiger partial charge in [0, 0.05) is 18.8 Å². The first-order chi connectivity index (χ1) is 15.1. The van der Waals surface area contributed by atoms with Crippen molar-refractivity contribution in [1.82, 2.24) is 0 Å². The summed E-state index contributed by atoms with van der Waals surface area (Å²) in [6.45, 7) is 5.99. The average Bonchev–Trinajstić information content (AvgIpc) is 3.19. The Morgan fingerprint density at radius 3 is 2.52 bits per heavy atom. The van der Waals surface area contributed by atoms with E-state index in [2.05, 4.69) is 38.1 Å². The molecule has 0 saturated heterocycles. The molecule has 0 N–H and O–H groups in total. The van der Waals surface area contributed by atoms with Gasteiger partial charge in [-0.25, -0.2) is 0 Å². The van der Waals surface area contributed by atoms with Crippen molar-refractivity contribution in [3.63, 3.8) is 0 Å². The number of carbonyl (C=O) groups is 1. The largest absolute Gasteiger partial charge is 0.489 e. The van der Waals surface area contributed by atoms with Gasteiger partial charge >= 0.3 is 0 Å². The molecule has 1 heterocycles. The van der Waals surface area contributed by atoms with Gasteiger partial charge in [0.25, 0.3) is 0 Å². The molecule has 0 fully saturated rings.